The van der Waals surface area contributed by atoms with Crippen LogP contribution in [0.25, 0.3) is 28.5 Å². The maximum absolute atomic E-state index is 13.0. The lowest BCUT2D eigenvalue weighted by molar-refractivity contribution is 0.0953. The van der Waals surface area contributed by atoms with Crippen LogP contribution in [0.3, 0.4) is 0 Å². The summed E-state index contributed by atoms with van der Waals surface area (Å²) in [6.07, 6.45) is 10.5. The number of carbonyl (C=O) groups is 1. The van der Waals surface area contributed by atoms with Crippen LogP contribution in [-0.4, -0.2) is 43.6 Å². The zero-order valence-electron chi connectivity index (χ0n) is 32.3. The Hall–Kier alpha value is -6.04. The molecule has 3 N–H and O–H groups in total. The van der Waals surface area contributed by atoms with Crippen molar-refractivity contribution in [2.45, 2.75) is 51.4 Å². The fourth-order valence-electron chi connectivity index (χ4n) is 7.58. The highest BCUT2D eigenvalue weighted by Gasteiger charge is 2.44. The highest BCUT2D eigenvalue weighted by Crippen LogP contribution is 2.56. The lowest BCUT2D eigenvalue weighted by atomic mass is 10.1. The molecule has 0 radical (unpaired) electrons. The molecular weight excluding hydrogens is 724 g/mol. The molecule has 1 heterocycles. The Labute approximate surface area is 336 Å². The van der Waals surface area contributed by atoms with Gasteiger partial charge in [0.25, 0.3) is 5.91 Å². The monoisotopic (exact) mass is 773 g/mol. The first-order chi connectivity index (χ1) is 28.0. The number of aromatic hydroxyl groups is 2. The van der Waals surface area contributed by atoms with E-state index in [0.717, 1.165) is 12.8 Å². The summed E-state index contributed by atoms with van der Waals surface area (Å²) in [5, 5.41) is 33.2. The van der Waals surface area contributed by atoms with E-state index in [2.05, 4.69) is 106 Å². The second-order valence-corrected chi connectivity index (χ2v) is 18.0. The molecule has 0 atom stereocenters. The van der Waals surface area contributed by atoms with E-state index in [1.54, 1.807) is 53.2 Å². The fourth-order valence-corrected chi connectivity index (χ4v) is 12.0. The number of hydrogen-bond donors (Lipinski definition) is 3. The van der Waals surface area contributed by atoms with E-state index in [-0.39, 0.29) is 17.4 Å². The first kappa shape index (κ1) is 39.2. The van der Waals surface area contributed by atoms with E-state index in [9.17, 15) is 15.0 Å². The molecule has 1 aromatic heterocycles. The molecular formula is C49H50N4O3P+. The number of unbranched alkanes of at least 4 members (excludes halogenated alkanes) is 7. The maximum atomic E-state index is 13.0. The summed E-state index contributed by atoms with van der Waals surface area (Å²) in [7, 11) is -1.76. The number of aromatic nitrogens is 3. The van der Waals surface area contributed by atoms with Crippen LogP contribution in [0.2, 0.25) is 0 Å². The molecule has 7 aromatic rings. The smallest absolute Gasteiger partial charge is 0.251 e. The molecule has 0 spiro atoms. The largest absolute Gasteiger partial charge is 0.507 e. The van der Waals surface area contributed by atoms with Gasteiger partial charge in [0.1, 0.15) is 34.7 Å². The average Bonchev–Trinajstić information content (AvgIpc) is 3.70. The quantitative estimate of drug-likeness (QED) is 0.0596. The first-order valence-electron chi connectivity index (χ1n) is 20.0. The highest BCUT2D eigenvalue weighted by molar-refractivity contribution is 7.95. The minimum absolute atomic E-state index is 0.0614. The van der Waals surface area contributed by atoms with Gasteiger partial charge in [-0.1, -0.05) is 111 Å². The Bertz CT molecular complexity index is 2230. The molecule has 0 saturated heterocycles. The van der Waals surface area contributed by atoms with E-state index >= 15 is 0 Å². The zero-order valence-corrected chi connectivity index (χ0v) is 33.1. The summed E-state index contributed by atoms with van der Waals surface area (Å²) in [5.41, 5.74) is 2.21. The molecule has 8 heteroatoms. The van der Waals surface area contributed by atoms with Crippen LogP contribution >= 0.6 is 7.26 Å². The zero-order chi connectivity index (χ0) is 39.3. The molecule has 0 bridgehead atoms. The van der Waals surface area contributed by atoms with Gasteiger partial charge in [0.15, 0.2) is 11.6 Å². The van der Waals surface area contributed by atoms with Crippen molar-refractivity contribution in [3.05, 3.63) is 169 Å². The Balaban J connectivity index is 0.867. The standard InChI is InChI=1S/C49H49N4O3P/c54-45-30-18-16-28-43(45)47-51-48(44-29-17-19-31-46(44)55)53(52-47)39-34-32-38(33-35-39)49(56)50-36-20-5-3-1-2-4-6-21-37-57(40-22-10-7-11-23-40,41-24-12-8-13-25-41)42-26-14-9-15-27-42/h7-19,22-35H,1-6,20-21,36-37H2,(H2-,50,51,52,54,55,56)/p+1. The Morgan fingerprint density at radius 3 is 1.51 bits per heavy atom. The molecule has 6 aromatic carbocycles. The predicted molar refractivity (Wildman–Crippen MR) is 235 cm³/mol. The number of nitrogens with zero attached hydrogens (tertiary/aromatic N) is 3. The highest BCUT2D eigenvalue weighted by atomic mass is 31.2. The second kappa shape index (κ2) is 19.2. The van der Waals surface area contributed by atoms with Gasteiger partial charge in [-0.25, -0.2) is 9.67 Å². The lowest BCUT2D eigenvalue weighted by Gasteiger charge is -2.27. The minimum Gasteiger partial charge on any atom is -0.507 e. The fraction of sp³-hybridized carbons (Fsp3) is 0.204. The van der Waals surface area contributed by atoms with Crippen LogP contribution in [0.5, 0.6) is 11.5 Å². The van der Waals surface area contributed by atoms with Crippen LogP contribution in [-0.2, 0) is 0 Å². The number of rotatable bonds is 18. The molecule has 0 aliphatic carbocycles. The van der Waals surface area contributed by atoms with Crippen LogP contribution in [0.4, 0.5) is 0 Å². The van der Waals surface area contributed by atoms with Crippen molar-refractivity contribution in [2.75, 3.05) is 12.7 Å². The van der Waals surface area contributed by atoms with Crippen LogP contribution < -0.4 is 21.2 Å². The Morgan fingerprint density at radius 2 is 0.982 bits per heavy atom. The SMILES string of the molecule is O=C(NCCCCCCCCCC[P+](c1ccccc1)(c1ccccc1)c1ccccc1)c1ccc(-n2nc(-c3ccccc3O)nc2-c2ccccc2O)cc1. The number of nitrogens with one attached hydrogen (secondary N) is 1. The van der Waals surface area contributed by atoms with Crippen molar-refractivity contribution in [2.24, 2.45) is 0 Å². The van der Waals surface area contributed by atoms with Crippen molar-refractivity contribution in [3.63, 3.8) is 0 Å². The van der Waals surface area contributed by atoms with E-state index < -0.39 is 7.26 Å². The van der Waals surface area contributed by atoms with Crippen molar-refractivity contribution in [1.29, 1.82) is 0 Å². The number of phenolic OH excluding ortho intramolecular Hbond substituents is 2. The van der Waals surface area contributed by atoms with Crippen molar-refractivity contribution in [3.8, 4) is 40.0 Å². The topological polar surface area (TPSA) is 100 Å². The summed E-state index contributed by atoms with van der Waals surface area (Å²) in [6.45, 7) is 0.634. The summed E-state index contributed by atoms with van der Waals surface area (Å²) >= 11 is 0. The molecule has 7 nitrogen and oxygen atoms in total. The van der Waals surface area contributed by atoms with Crippen LogP contribution in [0.1, 0.15) is 61.7 Å². The second-order valence-electron chi connectivity index (χ2n) is 14.4. The third kappa shape index (κ3) is 9.33. The van der Waals surface area contributed by atoms with Gasteiger partial charge in [-0.2, -0.15) is 0 Å². The van der Waals surface area contributed by atoms with Gasteiger partial charge in [0.05, 0.1) is 23.0 Å². The van der Waals surface area contributed by atoms with E-state index in [1.165, 1.54) is 60.6 Å². The summed E-state index contributed by atoms with van der Waals surface area (Å²) in [6, 6.07) is 54.4. The molecule has 1 amide bonds. The Kier molecular flexibility index (Phi) is 13.2. The average molecular weight is 774 g/mol. The molecule has 0 saturated carbocycles. The van der Waals surface area contributed by atoms with Crippen LogP contribution in [0.15, 0.2) is 164 Å². The van der Waals surface area contributed by atoms with Crippen molar-refractivity contribution < 1.29 is 15.0 Å². The number of hydrogen-bond acceptors (Lipinski definition) is 5. The predicted octanol–water partition coefficient (Wildman–Crippen LogP) is 9.86. The summed E-state index contributed by atoms with van der Waals surface area (Å²) in [5.74, 6) is 0.751. The maximum Gasteiger partial charge on any atom is 0.251 e. The van der Waals surface area contributed by atoms with Crippen molar-refractivity contribution >= 4 is 29.1 Å². The van der Waals surface area contributed by atoms with Crippen molar-refractivity contribution in [1.82, 2.24) is 20.1 Å². The lowest BCUT2D eigenvalue weighted by Crippen LogP contribution is -2.33. The van der Waals surface area contributed by atoms with Gasteiger partial charge >= 0.3 is 0 Å². The Morgan fingerprint density at radius 1 is 0.526 bits per heavy atom. The van der Waals surface area contributed by atoms with Crippen LogP contribution in [0, 0.1) is 0 Å². The van der Waals surface area contributed by atoms with Gasteiger partial charge in [-0.05, 0) is 104 Å². The van der Waals surface area contributed by atoms with Gasteiger partial charge < -0.3 is 15.5 Å². The number of para-hydroxylation sites is 2. The molecule has 0 fully saturated rings. The molecule has 0 aliphatic rings. The van der Waals surface area contributed by atoms with E-state index in [4.69, 9.17) is 0 Å². The minimum atomic E-state index is -1.76. The van der Waals surface area contributed by atoms with Gasteiger partial charge in [-0.3, -0.25) is 4.79 Å². The van der Waals surface area contributed by atoms with Gasteiger partial charge in [-0.15, -0.1) is 5.10 Å². The normalized spacial score (nSPS) is 11.4. The summed E-state index contributed by atoms with van der Waals surface area (Å²) in [4.78, 5) is 17.7. The van der Waals surface area contributed by atoms with Gasteiger partial charge in [0, 0.05) is 12.1 Å². The number of phenols is 2. The number of benzene rings is 6. The molecule has 7 rings (SSSR count). The first-order valence-corrected chi connectivity index (χ1v) is 22.0. The molecule has 0 unspecified atom stereocenters. The summed E-state index contributed by atoms with van der Waals surface area (Å²) < 4.78 is 1.62. The third-order valence-corrected chi connectivity index (χ3v) is 15.1. The molecule has 0 aliphatic heterocycles. The molecule has 57 heavy (non-hydrogen) atoms. The van der Waals surface area contributed by atoms with E-state index in [1.807, 2.05) is 24.3 Å². The van der Waals surface area contributed by atoms with E-state index in [0.29, 0.717) is 40.6 Å². The third-order valence-electron chi connectivity index (χ3n) is 10.6. The van der Waals surface area contributed by atoms with Gasteiger partial charge in [0.2, 0.25) is 0 Å². The molecule has 288 valence electrons. The number of amides is 1. The number of carbonyl (C=O) groups excluding carboxylic acids is 1.